The van der Waals surface area contributed by atoms with E-state index in [4.69, 9.17) is 5.73 Å². The lowest BCUT2D eigenvalue weighted by Crippen LogP contribution is -1.87. The number of nitrogens with zero attached hydrogens (tertiary/aromatic N) is 1. The number of rotatable bonds is 2. The fourth-order valence-electron chi connectivity index (χ4n) is 1.89. The van der Waals surface area contributed by atoms with Gasteiger partial charge >= 0.3 is 0 Å². The molecule has 1 heterocycles. The summed E-state index contributed by atoms with van der Waals surface area (Å²) in [5.74, 6) is -1.21. The molecule has 0 unspecified atom stereocenters. The molecule has 0 aliphatic rings. The van der Waals surface area contributed by atoms with Gasteiger partial charge in [0.1, 0.15) is 16.6 Å². The molecule has 0 fully saturated rings. The van der Waals surface area contributed by atoms with E-state index in [0.717, 1.165) is 17.3 Å². The van der Waals surface area contributed by atoms with Crippen molar-refractivity contribution in [3.63, 3.8) is 0 Å². The number of thiazole rings is 1. The molecule has 0 saturated heterocycles. The lowest BCUT2D eigenvalue weighted by Gasteiger charge is -2.00. The Hall–Kier alpha value is -2.27. The van der Waals surface area contributed by atoms with Crippen molar-refractivity contribution in [3.8, 4) is 21.8 Å². The molecular formula is C15H10F2N2S. The second-order valence-corrected chi connectivity index (χ2v) is 5.15. The van der Waals surface area contributed by atoms with Crippen LogP contribution >= 0.6 is 11.3 Å². The SMILES string of the molecule is Nc1cccc(-c2csc(-c3ccc(F)cc3F)n2)c1. The highest BCUT2D eigenvalue weighted by molar-refractivity contribution is 7.13. The van der Waals surface area contributed by atoms with E-state index < -0.39 is 11.6 Å². The van der Waals surface area contributed by atoms with Gasteiger partial charge in [-0.05, 0) is 24.3 Å². The number of benzene rings is 2. The van der Waals surface area contributed by atoms with Gasteiger partial charge in [-0.2, -0.15) is 0 Å². The van der Waals surface area contributed by atoms with E-state index in [9.17, 15) is 8.78 Å². The van der Waals surface area contributed by atoms with E-state index >= 15 is 0 Å². The van der Waals surface area contributed by atoms with Gasteiger partial charge in [0.15, 0.2) is 0 Å². The molecule has 5 heteroatoms. The molecule has 0 radical (unpaired) electrons. The number of aromatic nitrogens is 1. The first-order valence-corrected chi connectivity index (χ1v) is 6.78. The average molecular weight is 288 g/mol. The summed E-state index contributed by atoms with van der Waals surface area (Å²) in [7, 11) is 0. The van der Waals surface area contributed by atoms with Crippen molar-refractivity contribution in [3.05, 3.63) is 59.5 Å². The number of anilines is 1. The van der Waals surface area contributed by atoms with Gasteiger partial charge in [-0.15, -0.1) is 11.3 Å². The molecule has 3 aromatic rings. The lowest BCUT2D eigenvalue weighted by molar-refractivity contribution is 0.585. The first-order valence-electron chi connectivity index (χ1n) is 5.90. The van der Waals surface area contributed by atoms with Crippen LogP contribution < -0.4 is 5.73 Å². The minimum absolute atomic E-state index is 0.298. The van der Waals surface area contributed by atoms with Crippen LogP contribution in [0.5, 0.6) is 0 Å². The maximum absolute atomic E-state index is 13.7. The Balaban J connectivity index is 2.02. The molecule has 2 nitrogen and oxygen atoms in total. The maximum Gasteiger partial charge on any atom is 0.136 e. The fourth-order valence-corrected chi connectivity index (χ4v) is 2.75. The molecular weight excluding hydrogens is 278 g/mol. The Kier molecular flexibility index (Phi) is 3.20. The van der Waals surface area contributed by atoms with Crippen LogP contribution in [0.25, 0.3) is 21.8 Å². The summed E-state index contributed by atoms with van der Waals surface area (Å²) in [6, 6.07) is 10.8. The molecule has 100 valence electrons. The fraction of sp³-hybridized carbons (Fsp3) is 0. The molecule has 0 atom stereocenters. The van der Waals surface area contributed by atoms with E-state index in [1.807, 2.05) is 17.5 Å². The van der Waals surface area contributed by atoms with Gasteiger partial charge in [-0.1, -0.05) is 12.1 Å². The van der Waals surface area contributed by atoms with Crippen molar-refractivity contribution < 1.29 is 8.78 Å². The molecule has 1 aromatic heterocycles. The molecule has 0 saturated carbocycles. The average Bonchev–Trinajstić information content (AvgIpc) is 2.88. The minimum Gasteiger partial charge on any atom is -0.399 e. The van der Waals surface area contributed by atoms with Crippen LogP contribution in [-0.4, -0.2) is 4.98 Å². The van der Waals surface area contributed by atoms with Gasteiger partial charge in [0, 0.05) is 28.3 Å². The quantitative estimate of drug-likeness (QED) is 0.712. The normalized spacial score (nSPS) is 10.7. The molecule has 0 spiro atoms. The molecule has 0 aliphatic carbocycles. The zero-order valence-electron chi connectivity index (χ0n) is 10.3. The number of nitrogen functional groups attached to an aromatic ring is 1. The van der Waals surface area contributed by atoms with Crippen molar-refractivity contribution in [2.45, 2.75) is 0 Å². The molecule has 0 aliphatic heterocycles. The van der Waals surface area contributed by atoms with Crippen LogP contribution in [0.15, 0.2) is 47.8 Å². The van der Waals surface area contributed by atoms with Gasteiger partial charge in [0.05, 0.1) is 5.69 Å². The standard InChI is InChI=1S/C15H10F2N2S/c16-10-4-5-12(13(17)7-10)15-19-14(8-20-15)9-2-1-3-11(18)6-9/h1-8H,18H2. The van der Waals surface area contributed by atoms with Crippen LogP contribution in [0.2, 0.25) is 0 Å². The topological polar surface area (TPSA) is 38.9 Å². The Morgan fingerprint density at radius 1 is 1.05 bits per heavy atom. The van der Waals surface area contributed by atoms with Crippen molar-refractivity contribution in [2.75, 3.05) is 5.73 Å². The Morgan fingerprint density at radius 3 is 2.65 bits per heavy atom. The van der Waals surface area contributed by atoms with Crippen LogP contribution in [0.3, 0.4) is 0 Å². The first kappa shape index (κ1) is 12.7. The van der Waals surface area contributed by atoms with Gasteiger partial charge in [-0.3, -0.25) is 0 Å². The number of halogens is 2. The van der Waals surface area contributed by atoms with Gasteiger partial charge in [-0.25, -0.2) is 13.8 Å². The van der Waals surface area contributed by atoms with E-state index in [-0.39, 0.29) is 0 Å². The first-order chi connectivity index (χ1) is 9.63. The summed E-state index contributed by atoms with van der Waals surface area (Å²) in [5.41, 5.74) is 8.26. The molecule has 0 bridgehead atoms. The monoisotopic (exact) mass is 288 g/mol. The summed E-state index contributed by atoms with van der Waals surface area (Å²) in [6.45, 7) is 0. The van der Waals surface area contributed by atoms with E-state index in [1.54, 1.807) is 12.1 Å². The van der Waals surface area contributed by atoms with Crippen LogP contribution in [-0.2, 0) is 0 Å². The number of nitrogens with two attached hydrogens (primary N) is 1. The van der Waals surface area contributed by atoms with E-state index in [0.29, 0.717) is 16.3 Å². The largest absolute Gasteiger partial charge is 0.399 e. The minimum atomic E-state index is -0.613. The third-order valence-electron chi connectivity index (χ3n) is 2.85. The highest BCUT2D eigenvalue weighted by Crippen LogP contribution is 2.31. The van der Waals surface area contributed by atoms with Crippen molar-refractivity contribution >= 4 is 17.0 Å². The Morgan fingerprint density at radius 2 is 1.90 bits per heavy atom. The van der Waals surface area contributed by atoms with Gasteiger partial charge in [0.25, 0.3) is 0 Å². The summed E-state index contributed by atoms with van der Waals surface area (Å²) >= 11 is 1.31. The third kappa shape index (κ3) is 2.40. The summed E-state index contributed by atoms with van der Waals surface area (Å²) in [5, 5.41) is 2.34. The second kappa shape index (κ2) is 5.02. The molecule has 3 rings (SSSR count). The number of hydrogen-bond acceptors (Lipinski definition) is 3. The maximum atomic E-state index is 13.7. The Bertz CT molecular complexity index is 768. The van der Waals surface area contributed by atoms with Crippen molar-refractivity contribution in [1.82, 2.24) is 4.98 Å². The summed E-state index contributed by atoms with van der Waals surface area (Å²) in [6.07, 6.45) is 0. The highest BCUT2D eigenvalue weighted by atomic mass is 32.1. The van der Waals surface area contributed by atoms with E-state index in [1.165, 1.54) is 23.5 Å². The number of hydrogen-bond donors (Lipinski definition) is 1. The van der Waals surface area contributed by atoms with Gasteiger partial charge in [0.2, 0.25) is 0 Å². The molecule has 2 aromatic carbocycles. The van der Waals surface area contributed by atoms with Crippen molar-refractivity contribution in [1.29, 1.82) is 0 Å². The molecule has 2 N–H and O–H groups in total. The summed E-state index contributed by atoms with van der Waals surface area (Å²) < 4.78 is 26.6. The lowest BCUT2D eigenvalue weighted by atomic mass is 10.1. The smallest absolute Gasteiger partial charge is 0.136 e. The van der Waals surface area contributed by atoms with Gasteiger partial charge < -0.3 is 5.73 Å². The summed E-state index contributed by atoms with van der Waals surface area (Å²) in [4.78, 5) is 4.38. The Labute approximate surface area is 118 Å². The molecule has 0 amide bonds. The van der Waals surface area contributed by atoms with E-state index in [2.05, 4.69) is 4.98 Å². The predicted octanol–water partition coefficient (Wildman–Crippen LogP) is 4.34. The zero-order chi connectivity index (χ0) is 14.1. The second-order valence-electron chi connectivity index (χ2n) is 4.29. The van der Waals surface area contributed by atoms with Crippen molar-refractivity contribution in [2.24, 2.45) is 0 Å². The zero-order valence-corrected chi connectivity index (χ0v) is 11.1. The van der Waals surface area contributed by atoms with Crippen LogP contribution in [0.1, 0.15) is 0 Å². The predicted molar refractivity (Wildman–Crippen MR) is 77.3 cm³/mol. The van der Waals surface area contributed by atoms with Crippen LogP contribution in [0, 0.1) is 11.6 Å². The molecule has 20 heavy (non-hydrogen) atoms. The third-order valence-corrected chi connectivity index (χ3v) is 3.72. The highest BCUT2D eigenvalue weighted by Gasteiger charge is 2.11. The van der Waals surface area contributed by atoms with Crippen LogP contribution in [0.4, 0.5) is 14.5 Å².